The second kappa shape index (κ2) is 9.82. The van der Waals surface area contributed by atoms with Crippen molar-refractivity contribution in [3.05, 3.63) is 24.2 Å². The Morgan fingerprint density at radius 3 is 2.72 bits per heavy atom. The lowest BCUT2D eigenvalue weighted by molar-refractivity contribution is -0.139. The number of thioether (sulfide) groups is 1. The number of hydrogen-bond acceptors (Lipinski definition) is 8. The molecule has 1 saturated heterocycles. The molecule has 158 valence electrons. The van der Waals surface area contributed by atoms with Gasteiger partial charge in [-0.15, -0.1) is 21.8 Å². The highest BCUT2D eigenvalue weighted by molar-refractivity contribution is 8.01. The molecule has 1 N–H and O–H groups in total. The fraction of sp³-hybridized carbons (Fsp3) is 0.556. The number of piperazine rings is 1. The molecule has 1 fully saturated rings. The summed E-state index contributed by atoms with van der Waals surface area (Å²) >= 11 is 8.74. The summed E-state index contributed by atoms with van der Waals surface area (Å²) in [6, 6.07) is 3.60. The Bertz CT molecular complexity index is 819. The average molecular weight is 458 g/mol. The van der Waals surface area contributed by atoms with Crippen LogP contribution in [0.5, 0.6) is 0 Å². The Morgan fingerprint density at radius 1 is 1.31 bits per heavy atom. The minimum atomic E-state index is -0.548. The third kappa shape index (κ3) is 5.86. The van der Waals surface area contributed by atoms with Gasteiger partial charge >= 0.3 is 0 Å². The van der Waals surface area contributed by atoms with Crippen LogP contribution in [0.2, 0.25) is 0 Å². The number of carbonyl (C=O) groups excluding carboxylic acids is 2. The lowest BCUT2D eigenvalue weighted by Crippen LogP contribution is -2.52. The number of nitrogens with one attached hydrogen (secondary N) is 1. The first kappa shape index (κ1) is 21.9. The standard InChI is InChI=1S/C18H24ClN5O3S2/c1-18(2,12-19)15(26)23-5-7-24(8-6-23)16-21-22-17(29-16)28-11-14(25)20-10-13-4-3-9-27-13/h3-4,9H,5-8,10-12H2,1-2H3,(H,20,25). The molecule has 8 nitrogen and oxygen atoms in total. The zero-order valence-electron chi connectivity index (χ0n) is 16.4. The van der Waals surface area contributed by atoms with E-state index >= 15 is 0 Å². The smallest absolute Gasteiger partial charge is 0.230 e. The van der Waals surface area contributed by atoms with Crippen molar-refractivity contribution in [1.82, 2.24) is 20.4 Å². The van der Waals surface area contributed by atoms with E-state index in [2.05, 4.69) is 20.4 Å². The fourth-order valence-corrected chi connectivity index (χ4v) is 4.59. The number of amides is 2. The molecule has 3 heterocycles. The molecule has 2 amide bonds. The molecule has 0 unspecified atom stereocenters. The molecule has 0 aliphatic carbocycles. The number of alkyl halides is 1. The summed E-state index contributed by atoms with van der Waals surface area (Å²) in [7, 11) is 0. The first-order valence-electron chi connectivity index (χ1n) is 9.25. The molecular formula is C18H24ClN5O3S2. The van der Waals surface area contributed by atoms with Gasteiger partial charge in [0.25, 0.3) is 0 Å². The molecule has 3 rings (SSSR count). The summed E-state index contributed by atoms with van der Waals surface area (Å²) in [5, 5.41) is 12.0. The number of anilines is 1. The highest BCUT2D eigenvalue weighted by Crippen LogP contribution is 2.29. The van der Waals surface area contributed by atoms with Gasteiger partial charge in [-0.3, -0.25) is 9.59 Å². The number of halogens is 1. The van der Waals surface area contributed by atoms with E-state index in [4.69, 9.17) is 16.0 Å². The lowest BCUT2D eigenvalue weighted by atomic mass is 9.94. The topological polar surface area (TPSA) is 91.6 Å². The molecule has 0 saturated carbocycles. The minimum absolute atomic E-state index is 0.0845. The van der Waals surface area contributed by atoms with E-state index in [9.17, 15) is 9.59 Å². The lowest BCUT2D eigenvalue weighted by Gasteiger charge is -2.37. The summed E-state index contributed by atoms with van der Waals surface area (Å²) in [5.41, 5.74) is -0.548. The van der Waals surface area contributed by atoms with Gasteiger partial charge < -0.3 is 19.5 Å². The molecule has 2 aromatic rings. The molecule has 29 heavy (non-hydrogen) atoms. The van der Waals surface area contributed by atoms with Crippen molar-refractivity contribution in [2.24, 2.45) is 5.41 Å². The van der Waals surface area contributed by atoms with E-state index < -0.39 is 5.41 Å². The minimum Gasteiger partial charge on any atom is -0.467 e. The van der Waals surface area contributed by atoms with E-state index in [0.717, 1.165) is 9.47 Å². The van der Waals surface area contributed by atoms with Crippen molar-refractivity contribution in [3.63, 3.8) is 0 Å². The van der Waals surface area contributed by atoms with Crippen molar-refractivity contribution in [2.75, 3.05) is 42.7 Å². The zero-order valence-corrected chi connectivity index (χ0v) is 18.8. The van der Waals surface area contributed by atoms with Gasteiger partial charge in [0.05, 0.1) is 24.0 Å². The molecule has 1 aliphatic heterocycles. The number of furan rings is 1. The molecule has 1 aliphatic rings. The van der Waals surface area contributed by atoms with Crippen LogP contribution in [0.3, 0.4) is 0 Å². The van der Waals surface area contributed by atoms with Gasteiger partial charge in [-0.25, -0.2) is 0 Å². The largest absolute Gasteiger partial charge is 0.467 e. The summed E-state index contributed by atoms with van der Waals surface area (Å²) in [6.07, 6.45) is 1.58. The number of hydrogen-bond donors (Lipinski definition) is 1. The molecule has 0 radical (unpaired) electrons. The maximum absolute atomic E-state index is 12.5. The Balaban J connectivity index is 1.43. The third-order valence-electron chi connectivity index (χ3n) is 4.51. The highest BCUT2D eigenvalue weighted by Gasteiger charge is 2.33. The summed E-state index contributed by atoms with van der Waals surface area (Å²) in [4.78, 5) is 28.5. The quantitative estimate of drug-likeness (QED) is 0.480. The maximum Gasteiger partial charge on any atom is 0.230 e. The summed E-state index contributed by atoms with van der Waals surface area (Å²) < 4.78 is 5.93. The van der Waals surface area contributed by atoms with Crippen molar-refractivity contribution in [1.29, 1.82) is 0 Å². The second-order valence-corrected chi connectivity index (χ2v) is 9.74. The van der Waals surface area contributed by atoms with Gasteiger partial charge in [-0.05, 0) is 26.0 Å². The van der Waals surface area contributed by atoms with E-state index in [1.54, 1.807) is 12.3 Å². The molecule has 0 spiro atoms. The van der Waals surface area contributed by atoms with Crippen LogP contribution in [-0.4, -0.2) is 64.7 Å². The summed E-state index contributed by atoms with van der Waals surface area (Å²) in [6.45, 7) is 6.78. The summed E-state index contributed by atoms with van der Waals surface area (Å²) in [5.74, 6) is 1.29. The van der Waals surface area contributed by atoms with E-state index in [-0.39, 0.29) is 17.6 Å². The van der Waals surface area contributed by atoms with Crippen LogP contribution in [0.4, 0.5) is 5.13 Å². The zero-order chi connectivity index (χ0) is 20.9. The van der Waals surface area contributed by atoms with Crippen LogP contribution in [0, 0.1) is 5.41 Å². The Labute approximate surface area is 183 Å². The number of rotatable bonds is 8. The van der Waals surface area contributed by atoms with Crippen LogP contribution in [-0.2, 0) is 16.1 Å². The van der Waals surface area contributed by atoms with Gasteiger partial charge in [-0.1, -0.05) is 23.1 Å². The van der Waals surface area contributed by atoms with Crippen molar-refractivity contribution in [2.45, 2.75) is 24.7 Å². The van der Waals surface area contributed by atoms with Gasteiger partial charge in [0.2, 0.25) is 16.9 Å². The van der Waals surface area contributed by atoms with Gasteiger partial charge in [0, 0.05) is 32.1 Å². The molecule has 0 aromatic carbocycles. The number of nitrogens with zero attached hydrogens (tertiary/aromatic N) is 4. The van der Waals surface area contributed by atoms with Gasteiger partial charge in [0.15, 0.2) is 4.34 Å². The second-order valence-electron chi connectivity index (χ2n) is 7.29. The number of aromatic nitrogens is 2. The SMILES string of the molecule is CC(C)(CCl)C(=O)N1CCN(c2nnc(SCC(=O)NCc3ccco3)s2)CC1. The van der Waals surface area contributed by atoms with Crippen molar-refractivity contribution in [3.8, 4) is 0 Å². The van der Waals surface area contributed by atoms with Crippen LogP contribution in [0.15, 0.2) is 27.2 Å². The number of carbonyl (C=O) groups is 2. The molecule has 2 aromatic heterocycles. The first-order chi connectivity index (χ1) is 13.9. The van der Waals surface area contributed by atoms with Crippen LogP contribution in [0.1, 0.15) is 19.6 Å². The molecule has 0 atom stereocenters. The molecule has 0 bridgehead atoms. The fourth-order valence-electron chi connectivity index (χ4n) is 2.75. The van der Waals surface area contributed by atoms with Crippen LogP contribution >= 0.6 is 34.7 Å². The van der Waals surface area contributed by atoms with E-state index in [1.165, 1.54) is 23.1 Å². The van der Waals surface area contributed by atoms with E-state index in [1.807, 2.05) is 24.8 Å². The predicted molar refractivity (Wildman–Crippen MR) is 114 cm³/mol. The predicted octanol–water partition coefficient (Wildman–Crippen LogP) is 2.45. The monoisotopic (exact) mass is 457 g/mol. The molecule has 11 heteroatoms. The maximum atomic E-state index is 12.5. The highest BCUT2D eigenvalue weighted by atomic mass is 35.5. The van der Waals surface area contributed by atoms with Crippen LogP contribution < -0.4 is 10.2 Å². The van der Waals surface area contributed by atoms with E-state index in [0.29, 0.717) is 44.4 Å². The van der Waals surface area contributed by atoms with Crippen molar-refractivity contribution < 1.29 is 14.0 Å². The Hall–Kier alpha value is -1.78. The average Bonchev–Trinajstić information content (AvgIpc) is 3.42. The normalized spacial score (nSPS) is 14.9. The van der Waals surface area contributed by atoms with Crippen molar-refractivity contribution >= 4 is 51.6 Å². The van der Waals surface area contributed by atoms with Gasteiger partial charge in [-0.2, -0.15) is 0 Å². The molecular weight excluding hydrogens is 434 g/mol. The Kier molecular flexibility index (Phi) is 7.42. The third-order valence-corrected chi connectivity index (χ3v) is 7.30. The Morgan fingerprint density at radius 2 is 2.07 bits per heavy atom. The first-order valence-corrected chi connectivity index (χ1v) is 11.6. The van der Waals surface area contributed by atoms with Crippen LogP contribution in [0.25, 0.3) is 0 Å². The van der Waals surface area contributed by atoms with Gasteiger partial charge in [0.1, 0.15) is 5.76 Å².